The third-order valence-corrected chi connectivity index (χ3v) is 4.35. The highest BCUT2D eigenvalue weighted by Gasteiger charge is 2.32. The molecule has 94 valence electrons. The molecule has 1 heterocycles. The Morgan fingerprint density at radius 2 is 2.22 bits per heavy atom. The van der Waals surface area contributed by atoms with Crippen LogP contribution in [0.25, 0.3) is 0 Å². The van der Waals surface area contributed by atoms with Gasteiger partial charge >= 0.3 is 0 Å². The van der Waals surface area contributed by atoms with Crippen molar-refractivity contribution >= 4 is 15.9 Å². The van der Waals surface area contributed by atoms with Crippen molar-refractivity contribution < 1.29 is 0 Å². The van der Waals surface area contributed by atoms with E-state index in [9.17, 15) is 0 Å². The number of rotatable bonds is 3. The monoisotopic (exact) mass is 305 g/mol. The van der Waals surface area contributed by atoms with Crippen molar-refractivity contribution in [1.29, 1.82) is 0 Å². The van der Waals surface area contributed by atoms with Crippen molar-refractivity contribution in [1.82, 2.24) is 14.8 Å². The van der Waals surface area contributed by atoms with Crippen molar-refractivity contribution in [3.8, 4) is 0 Å². The molecule has 0 spiro atoms. The molecule has 1 saturated carbocycles. The summed E-state index contributed by atoms with van der Waals surface area (Å²) >= 11 is 3.56. The van der Waals surface area contributed by atoms with Gasteiger partial charge in [-0.2, -0.15) is 0 Å². The Kier molecular flexibility index (Phi) is 3.20. The zero-order chi connectivity index (χ0) is 12.5. The van der Waals surface area contributed by atoms with Crippen LogP contribution in [0.1, 0.15) is 36.6 Å². The number of benzene rings is 1. The SMILES string of the molecule is Cn1cnnc1C(c1cccc(Br)c1)C1CCC1. The molecule has 4 heteroatoms. The molecule has 0 aliphatic heterocycles. The molecule has 3 nitrogen and oxygen atoms in total. The summed E-state index contributed by atoms with van der Waals surface area (Å²) in [6.07, 6.45) is 5.72. The molecule has 0 radical (unpaired) electrons. The van der Waals surface area contributed by atoms with E-state index in [0.717, 1.165) is 10.3 Å². The van der Waals surface area contributed by atoms with Gasteiger partial charge in [-0.1, -0.05) is 34.5 Å². The van der Waals surface area contributed by atoms with Gasteiger partial charge in [0.05, 0.1) is 0 Å². The molecule has 1 atom stereocenters. The number of nitrogens with zero attached hydrogens (tertiary/aromatic N) is 3. The van der Waals surface area contributed by atoms with Crippen LogP contribution in [0.4, 0.5) is 0 Å². The minimum absolute atomic E-state index is 0.378. The zero-order valence-corrected chi connectivity index (χ0v) is 12.0. The topological polar surface area (TPSA) is 30.7 Å². The van der Waals surface area contributed by atoms with Gasteiger partial charge in [-0.25, -0.2) is 0 Å². The normalized spacial score (nSPS) is 17.4. The van der Waals surface area contributed by atoms with Crippen LogP contribution < -0.4 is 0 Å². The maximum absolute atomic E-state index is 4.32. The van der Waals surface area contributed by atoms with Crippen molar-refractivity contribution in [2.45, 2.75) is 25.2 Å². The first-order valence-corrected chi connectivity index (χ1v) is 7.14. The van der Waals surface area contributed by atoms with E-state index in [0.29, 0.717) is 11.8 Å². The smallest absolute Gasteiger partial charge is 0.140 e. The Bertz CT molecular complexity index is 545. The van der Waals surface area contributed by atoms with E-state index in [1.54, 1.807) is 6.33 Å². The van der Waals surface area contributed by atoms with E-state index >= 15 is 0 Å². The minimum Gasteiger partial charge on any atom is -0.320 e. The molecule has 1 aliphatic carbocycles. The van der Waals surface area contributed by atoms with Gasteiger partial charge in [0.1, 0.15) is 12.2 Å². The first-order valence-electron chi connectivity index (χ1n) is 6.35. The van der Waals surface area contributed by atoms with Crippen molar-refractivity contribution in [2.75, 3.05) is 0 Å². The molecule has 0 amide bonds. The van der Waals surface area contributed by atoms with Gasteiger partial charge in [0.25, 0.3) is 0 Å². The molecule has 2 aromatic rings. The molecular formula is C14H16BrN3. The summed E-state index contributed by atoms with van der Waals surface area (Å²) in [5.74, 6) is 2.17. The number of aromatic nitrogens is 3. The molecule has 1 fully saturated rings. The molecule has 3 rings (SSSR count). The van der Waals surface area contributed by atoms with Crippen LogP contribution in [0.2, 0.25) is 0 Å². The Hall–Kier alpha value is -1.16. The molecule has 0 bridgehead atoms. The molecule has 18 heavy (non-hydrogen) atoms. The lowest BCUT2D eigenvalue weighted by Crippen LogP contribution is -2.23. The zero-order valence-electron chi connectivity index (χ0n) is 10.4. The van der Waals surface area contributed by atoms with E-state index in [-0.39, 0.29) is 0 Å². The number of halogens is 1. The summed E-state index contributed by atoms with van der Waals surface area (Å²) in [6, 6.07) is 8.57. The molecular weight excluding hydrogens is 290 g/mol. The minimum atomic E-state index is 0.378. The van der Waals surface area contributed by atoms with Gasteiger partial charge in [-0.05, 0) is 36.5 Å². The molecule has 1 aromatic heterocycles. The van der Waals surface area contributed by atoms with E-state index < -0.39 is 0 Å². The second-order valence-electron chi connectivity index (χ2n) is 5.02. The van der Waals surface area contributed by atoms with Gasteiger partial charge in [0.2, 0.25) is 0 Å². The molecule has 1 aliphatic rings. The largest absolute Gasteiger partial charge is 0.320 e. The van der Waals surface area contributed by atoms with Gasteiger partial charge < -0.3 is 4.57 Å². The first-order chi connectivity index (χ1) is 8.75. The number of hydrogen-bond acceptors (Lipinski definition) is 2. The highest BCUT2D eigenvalue weighted by atomic mass is 79.9. The standard InChI is InChI=1S/C14H16BrN3/c1-18-9-16-17-14(18)13(10-4-2-5-10)11-6-3-7-12(15)8-11/h3,6-10,13H,2,4-5H2,1H3. The van der Waals surface area contributed by atoms with Crippen LogP contribution in [-0.2, 0) is 7.05 Å². The fraction of sp³-hybridized carbons (Fsp3) is 0.429. The van der Waals surface area contributed by atoms with Crippen LogP contribution in [0.3, 0.4) is 0 Å². The Morgan fingerprint density at radius 1 is 1.39 bits per heavy atom. The first kappa shape index (κ1) is 11.9. The van der Waals surface area contributed by atoms with E-state index in [2.05, 4.69) is 50.4 Å². The van der Waals surface area contributed by atoms with Crippen molar-refractivity contribution in [3.05, 3.63) is 46.5 Å². The summed E-state index contributed by atoms with van der Waals surface area (Å²) < 4.78 is 3.18. The summed E-state index contributed by atoms with van der Waals surface area (Å²) in [5.41, 5.74) is 1.34. The van der Waals surface area contributed by atoms with Crippen LogP contribution in [-0.4, -0.2) is 14.8 Å². The number of aryl methyl sites for hydroxylation is 1. The second kappa shape index (κ2) is 4.84. The average Bonchev–Trinajstić information content (AvgIpc) is 2.69. The van der Waals surface area contributed by atoms with Gasteiger partial charge in [-0.15, -0.1) is 10.2 Å². The van der Waals surface area contributed by atoms with E-state index in [4.69, 9.17) is 0 Å². The highest BCUT2D eigenvalue weighted by Crippen LogP contribution is 2.42. The molecule has 1 unspecified atom stereocenters. The molecule has 1 aromatic carbocycles. The fourth-order valence-corrected chi connectivity index (χ4v) is 3.10. The van der Waals surface area contributed by atoms with Gasteiger partial charge in [-0.3, -0.25) is 0 Å². The van der Waals surface area contributed by atoms with E-state index in [1.165, 1.54) is 24.8 Å². The Labute approximate surface area is 115 Å². The van der Waals surface area contributed by atoms with Crippen LogP contribution in [0.15, 0.2) is 35.1 Å². The van der Waals surface area contributed by atoms with Crippen LogP contribution in [0, 0.1) is 5.92 Å². The maximum Gasteiger partial charge on any atom is 0.140 e. The summed E-state index contributed by atoms with van der Waals surface area (Å²) in [5, 5.41) is 8.36. The summed E-state index contributed by atoms with van der Waals surface area (Å²) in [7, 11) is 2.03. The quantitative estimate of drug-likeness (QED) is 0.869. The predicted molar refractivity (Wildman–Crippen MR) is 74.3 cm³/mol. The number of hydrogen-bond donors (Lipinski definition) is 0. The third-order valence-electron chi connectivity index (χ3n) is 3.85. The fourth-order valence-electron chi connectivity index (χ4n) is 2.68. The third kappa shape index (κ3) is 2.09. The lowest BCUT2D eigenvalue weighted by molar-refractivity contribution is 0.274. The summed E-state index contributed by atoms with van der Waals surface area (Å²) in [4.78, 5) is 0. The Morgan fingerprint density at radius 3 is 2.78 bits per heavy atom. The Balaban J connectivity index is 2.03. The van der Waals surface area contributed by atoms with Crippen LogP contribution >= 0.6 is 15.9 Å². The average molecular weight is 306 g/mol. The van der Waals surface area contributed by atoms with E-state index in [1.807, 2.05) is 11.6 Å². The second-order valence-corrected chi connectivity index (χ2v) is 5.94. The highest BCUT2D eigenvalue weighted by molar-refractivity contribution is 9.10. The maximum atomic E-state index is 4.32. The van der Waals surface area contributed by atoms with Gasteiger partial charge in [0, 0.05) is 17.4 Å². The van der Waals surface area contributed by atoms with Crippen molar-refractivity contribution in [2.24, 2.45) is 13.0 Å². The van der Waals surface area contributed by atoms with Crippen molar-refractivity contribution in [3.63, 3.8) is 0 Å². The van der Waals surface area contributed by atoms with Gasteiger partial charge in [0.15, 0.2) is 0 Å². The lowest BCUT2D eigenvalue weighted by Gasteiger charge is -2.33. The lowest BCUT2D eigenvalue weighted by atomic mass is 9.72. The van der Waals surface area contributed by atoms with Crippen LogP contribution in [0.5, 0.6) is 0 Å². The predicted octanol–water partition coefficient (Wildman–Crippen LogP) is 3.51. The summed E-state index contributed by atoms with van der Waals surface area (Å²) in [6.45, 7) is 0. The molecule has 0 saturated heterocycles. The molecule has 0 N–H and O–H groups in total.